The molecule has 5 fully saturated rings. The zero-order valence-electron chi connectivity index (χ0n) is 35.2. The summed E-state index contributed by atoms with van der Waals surface area (Å²) in [5.74, 6) is -6.45. The van der Waals surface area contributed by atoms with Crippen LogP contribution in [0.3, 0.4) is 0 Å². The van der Waals surface area contributed by atoms with Gasteiger partial charge in [0.2, 0.25) is 0 Å². The Balaban J connectivity index is 1.27. The number of aliphatic hydroxyl groups is 3. The van der Waals surface area contributed by atoms with Gasteiger partial charge in [0.1, 0.15) is 36.1 Å². The molecule has 4 saturated carbocycles. The van der Waals surface area contributed by atoms with Crippen LogP contribution in [0.2, 0.25) is 0 Å². The molecule has 6 aliphatic rings. The van der Waals surface area contributed by atoms with Crippen LogP contribution in [0, 0.1) is 22.7 Å². The first-order valence-electron chi connectivity index (χ1n) is 21.2. The van der Waals surface area contributed by atoms with Crippen molar-refractivity contribution in [3.8, 4) is 0 Å². The van der Waals surface area contributed by atoms with Gasteiger partial charge in [-0.2, -0.15) is 0 Å². The Hall–Kier alpha value is -4.68. The van der Waals surface area contributed by atoms with Gasteiger partial charge in [-0.3, -0.25) is 14.4 Å². The predicted molar refractivity (Wildman–Crippen MR) is 216 cm³/mol. The summed E-state index contributed by atoms with van der Waals surface area (Å²) in [6.45, 7) is 7.03. The molecule has 1 aromatic heterocycles. The minimum Gasteiger partial charge on any atom is -0.456 e. The van der Waals surface area contributed by atoms with E-state index >= 15 is 4.79 Å². The lowest BCUT2D eigenvalue weighted by molar-refractivity contribution is -0.346. The van der Waals surface area contributed by atoms with Gasteiger partial charge in [0, 0.05) is 30.1 Å². The molecular weight excluding hydrogens is 827 g/mol. The van der Waals surface area contributed by atoms with Gasteiger partial charge in [-0.05, 0) is 80.7 Å². The number of Topliss-reactive ketones (excluding diaryl/α,β-unsaturated/α-hetero) is 1. The number of carbonyl (C=O) groups excluding carboxylic acids is 6. The molecule has 2 unspecified atom stereocenters. The third-order valence-electron chi connectivity index (χ3n) is 14.3. The van der Waals surface area contributed by atoms with E-state index in [1.165, 1.54) is 30.4 Å². The van der Waals surface area contributed by atoms with Gasteiger partial charge in [0.25, 0.3) is 0 Å². The molecule has 8 rings (SSSR count). The summed E-state index contributed by atoms with van der Waals surface area (Å²) in [5, 5.41) is 41.9. The highest BCUT2D eigenvalue weighted by Crippen LogP contribution is 2.64. The van der Waals surface area contributed by atoms with Crippen molar-refractivity contribution in [3.63, 3.8) is 0 Å². The van der Waals surface area contributed by atoms with E-state index in [-0.39, 0.29) is 35.8 Å². The lowest BCUT2D eigenvalue weighted by Gasteiger charge is -2.67. The van der Waals surface area contributed by atoms with E-state index in [0.29, 0.717) is 30.6 Å². The summed E-state index contributed by atoms with van der Waals surface area (Å²) in [7, 11) is 0. The third kappa shape index (κ3) is 7.22. The number of alkyl carbamates (subject to hydrolysis) is 1. The lowest BCUT2D eigenvalue weighted by Crippen LogP contribution is -2.82. The average molecular weight is 880 g/mol. The van der Waals surface area contributed by atoms with Gasteiger partial charge in [-0.25, -0.2) is 14.4 Å². The SMILES string of the molecule is CC(=O)O[C@@]12CO[C@@H]1C[C@H](O)[C@@]1(C)C(=O)[C@H](OC(=O)C3CC3)C3=C(C)[C@@H](OC(=O)[C@H](O)[C@@H](NC(=O)OC4CCC4)c4cccs4)C[C@@](O)(C(OC(=O)c4ccccc4)C12)C3(C)C. The molecule has 2 bridgehead atoms. The molecule has 62 heavy (non-hydrogen) atoms. The van der Waals surface area contributed by atoms with Crippen molar-refractivity contribution in [2.24, 2.45) is 22.7 Å². The number of benzene rings is 1. The van der Waals surface area contributed by atoms with E-state index < -0.39 is 119 Å². The van der Waals surface area contributed by atoms with Crippen LogP contribution in [0.4, 0.5) is 4.79 Å². The fourth-order valence-electron chi connectivity index (χ4n) is 10.3. The van der Waals surface area contributed by atoms with E-state index in [4.69, 9.17) is 28.4 Å². The smallest absolute Gasteiger partial charge is 0.408 e. The van der Waals surface area contributed by atoms with Gasteiger partial charge in [0.15, 0.2) is 23.6 Å². The number of fused-ring (bicyclic) bond motifs is 5. The molecule has 2 heterocycles. The van der Waals surface area contributed by atoms with Crippen LogP contribution in [0.25, 0.3) is 0 Å². The molecule has 1 amide bonds. The van der Waals surface area contributed by atoms with Gasteiger partial charge in [-0.1, -0.05) is 38.1 Å². The minimum absolute atomic E-state index is 0.0377. The third-order valence-corrected chi connectivity index (χ3v) is 15.3. The fraction of sp³-hybridized carbons (Fsp3) is 0.600. The van der Waals surface area contributed by atoms with Crippen LogP contribution in [0.15, 0.2) is 59.0 Å². The zero-order valence-corrected chi connectivity index (χ0v) is 36.0. The van der Waals surface area contributed by atoms with Gasteiger partial charge < -0.3 is 49.1 Å². The molecule has 334 valence electrons. The van der Waals surface area contributed by atoms with Crippen molar-refractivity contribution in [1.82, 2.24) is 5.32 Å². The van der Waals surface area contributed by atoms with Crippen LogP contribution < -0.4 is 5.32 Å². The van der Waals surface area contributed by atoms with Crippen LogP contribution in [-0.2, 0) is 47.6 Å². The normalized spacial score (nSPS) is 34.5. The van der Waals surface area contributed by atoms with Crippen LogP contribution in [0.5, 0.6) is 0 Å². The lowest BCUT2D eigenvalue weighted by atomic mass is 9.44. The minimum atomic E-state index is -2.37. The average Bonchev–Trinajstić information content (AvgIpc) is 3.93. The molecule has 11 atom stereocenters. The molecule has 5 aliphatic carbocycles. The van der Waals surface area contributed by atoms with Crippen molar-refractivity contribution < 1.29 is 72.5 Å². The zero-order chi connectivity index (χ0) is 44.5. The van der Waals surface area contributed by atoms with E-state index in [0.717, 1.165) is 13.3 Å². The van der Waals surface area contributed by atoms with Gasteiger partial charge >= 0.3 is 30.0 Å². The fourth-order valence-corrected chi connectivity index (χ4v) is 11.1. The van der Waals surface area contributed by atoms with E-state index in [2.05, 4.69) is 5.32 Å². The number of amides is 1. The molecule has 1 aromatic carbocycles. The standard InChI is InChI=1S/C45H53NO15S/c1-22-27(58-40(53)33(49)32(28-15-10-18-62-28)46-41(54)57-26-13-9-14-26)20-45(55)37(60-39(52)24-11-7-6-8-12-24)35-43(5,29(48)19-30-44(35,21-56-30)61-23(2)47)36(50)34(31(22)42(45,3)4)59-38(51)25-16-17-25/h6-8,10-12,15,18,25-27,29-30,32-35,37,48-49,55H,9,13-14,16-17,19-21H2,1-5H3,(H,46,54)/t27-,29-,30+,32-,33+,34+,35?,37?,43+,44-,45+/m0/s1. The first-order valence-corrected chi connectivity index (χ1v) is 22.0. The quantitative estimate of drug-likeness (QED) is 0.142. The Labute approximate surface area is 362 Å². The van der Waals surface area contributed by atoms with E-state index in [1.54, 1.807) is 56.5 Å². The number of ether oxygens (including phenoxy) is 6. The maximum atomic E-state index is 15.7. The molecule has 1 saturated heterocycles. The molecule has 0 radical (unpaired) electrons. The van der Waals surface area contributed by atoms with Crippen molar-refractivity contribution in [1.29, 1.82) is 0 Å². The summed E-state index contributed by atoms with van der Waals surface area (Å²) < 4.78 is 36.1. The highest BCUT2D eigenvalue weighted by molar-refractivity contribution is 7.10. The number of hydrogen-bond acceptors (Lipinski definition) is 16. The number of ketones is 1. The molecule has 4 N–H and O–H groups in total. The largest absolute Gasteiger partial charge is 0.456 e. The second kappa shape index (κ2) is 16.1. The molecule has 2 aromatic rings. The Morgan fingerprint density at radius 2 is 1.66 bits per heavy atom. The van der Waals surface area contributed by atoms with Crippen LogP contribution in [0.1, 0.15) is 101 Å². The number of carbonyl (C=O) groups is 6. The van der Waals surface area contributed by atoms with Crippen LogP contribution in [-0.4, -0.2) is 112 Å². The van der Waals surface area contributed by atoms with E-state index in [9.17, 15) is 39.3 Å². The van der Waals surface area contributed by atoms with Gasteiger partial charge in [0.05, 0.1) is 35.5 Å². The molecule has 0 spiro atoms. The molecule has 16 nitrogen and oxygen atoms in total. The number of aliphatic hydroxyl groups excluding tert-OH is 2. The summed E-state index contributed by atoms with van der Waals surface area (Å²) in [4.78, 5) is 84.4. The van der Waals surface area contributed by atoms with Crippen molar-refractivity contribution in [2.75, 3.05) is 6.61 Å². The number of nitrogens with one attached hydrogen (secondary N) is 1. The Morgan fingerprint density at radius 1 is 0.952 bits per heavy atom. The Bertz CT molecular complexity index is 2150. The Kier molecular flexibility index (Phi) is 11.4. The summed E-state index contributed by atoms with van der Waals surface area (Å²) in [5.41, 5.74) is -7.49. The van der Waals surface area contributed by atoms with E-state index in [1.807, 2.05) is 0 Å². The first kappa shape index (κ1) is 43.9. The van der Waals surface area contributed by atoms with Crippen LogP contribution >= 0.6 is 11.3 Å². The number of rotatable bonds is 11. The Morgan fingerprint density at radius 3 is 2.24 bits per heavy atom. The molecule has 1 aliphatic heterocycles. The second-order valence-corrected chi connectivity index (χ2v) is 19.3. The maximum absolute atomic E-state index is 15.7. The number of thiophene rings is 1. The predicted octanol–water partition coefficient (Wildman–Crippen LogP) is 4.04. The maximum Gasteiger partial charge on any atom is 0.408 e. The summed E-state index contributed by atoms with van der Waals surface area (Å²) in [6.07, 6.45) is -8.17. The van der Waals surface area contributed by atoms with Gasteiger partial charge in [-0.15, -0.1) is 11.3 Å². The topological polar surface area (TPSA) is 231 Å². The second-order valence-electron chi connectivity index (χ2n) is 18.3. The first-order chi connectivity index (χ1) is 29.3. The number of hydrogen-bond donors (Lipinski definition) is 4. The monoisotopic (exact) mass is 879 g/mol. The van der Waals surface area contributed by atoms with Crippen molar-refractivity contribution in [2.45, 2.75) is 140 Å². The molecular formula is C45H53NO15S. The number of esters is 4. The van der Waals surface area contributed by atoms with Crippen molar-refractivity contribution >= 4 is 47.1 Å². The highest BCUT2D eigenvalue weighted by Gasteiger charge is 2.78. The summed E-state index contributed by atoms with van der Waals surface area (Å²) in [6, 6.07) is 9.88. The summed E-state index contributed by atoms with van der Waals surface area (Å²) >= 11 is 1.17. The molecule has 17 heteroatoms. The van der Waals surface area contributed by atoms with Crippen molar-refractivity contribution in [3.05, 3.63) is 69.4 Å². The highest BCUT2D eigenvalue weighted by atomic mass is 32.1.